The van der Waals surface area contributed by atoms with Gasteiger partial charge in [-0.15, -0.1) is 11.8 Å². The zero-order chi connectivity index (χ0) is 12.6. The van der Waals surface area contributed by atoms with Gasteiger partial charge in [0.15, 0.2) is 0 Å². The van der Waals surface area contributed by atoms with E-state index in [0.29, 0.717) is 0 Å². The molecule has 1 N–H and O–H groups in total. The van der Waals surface area contributed by atoms with Crippen LogP contribution in [0.5, 0.6) is 0 Å². The molecular formula is C16H25NS. The Balaban J connectivity index is 1.55. The van der Waals surface area contributed by atoms with Gasteiger partial charge in [0.1, 0.15) is 0 Å². The van der Waals surface area contributed by atoms with E-state index in [9.17, 15) is 0 Å². The minimum atomic E-state index is 0.808. The highest BCUT2D eigenvalue weighted by molar-refractivity contribution is 7.99. The van der Waals surface area contributed by atoms with Crippen molar-refractivity contribution in [2.75, 3.05) is 12.3 Å². The van der Waals surface area contributed by atoms with Crippen molar-refractivity contribution in [2.24, 2.45) is 0 Å². The Hall–Kier alpha value is -0.470. The summed E-state index contributed by atoms with van der Waals surface area (Å²) in [5.41, 5.74) is 1.36. The fourth-order valence-corrected chi connectivity index (χ4v) is 3.55. The van der Waals surface area contributed by atoms with Gasteiger partial charge in [0.05, 0.1) is 0 Å². The van der Waals surface area contributed by atoms with E-state index in [1.807, 2.05) is 11.8 Å². The number of nitrogens with one attached hydrogen (secondary N) is 1. The molecule has 18 heavy (non-hydrogen) atoms. The molecule has 1 aromatic carbocycles. The molecule has 0 unspecified atom stereocenters. The predicted molar refractivity (Wildman–Crippen MR) is 81.4 cm³/mol. The van der Waals surface area contributed by atoms with Crippen molar-refractivity contribution in [3.8, 4) is 0 Å². The molecule has 1 aliphatic carbocycles. The molecule has 0 aromatic heterocycles. The molecule has 0 bridgehead atoms. The summed E-state index contributed by atoms with van der Waals surface area (Å²) in [5.74, 6) is 1.23. The number of thioether (sulfide) groups is 1. The Kier molecular flexibility index (Phi) is 6.09. The van der Waals surface area contributed by atoms with Gasteiger partial charge in [-0.25, -0.2) is 0 Å². The summed E-state index contributed by atoms with van der Waals surface area (Å²) in [4.78, 5) is 1.41. The van der Waals surface area contributed by atoms with Gasteiger partial charge in [-0.3, -0.25) is 0 Å². The SMILES string of the molecule is Cc1cccc(SCCCNC2CCCCC2)c1. The van der Waals surface area contributed by atoms with Gasteiger partial charge in [0.25, 0.3) is 0 Å². The van der Waals surface area contributed by atoms with Crippen molar-refractivity contribution < 1.29 is 0 Å². The smallest absolute Gasteiger partial charge is 0.00745 e. The molecule has 0 aliphatic heterocycles. The second kappa shape index (κ2) is 7.85. The molecule has 0 spiro atoms. The average Bonchev–Trinajstić information content (AvgIpc) is 2.40. The quantitative estimate of drug-likeness (QED) is 0.603. The lowest BCUT2D eigenvalue weighted by atomic mass is 9.95. The first-order chi connectivity index (χ1) is 8.84. The molecule has 0 heterocycles. The summed E-state index contributed by atoms with van der Waals surface area (Å²) in [5, 5.41) is 3.71. The molecule has 100 valence electrons. The molecule has 0 atom stereocenters. The van der Waals surface area contributed by atoms with Crippen molar-refractivity contribution in [1.82, 2.24) is 5.32 Å². The second-order valence-electron chi connectivity index (χ2n) is 5.31. The van der Waals surface area contributed by atoms with Crippen LogP contribution in [-0.4, -0.2) is 18.3 Å². The number of aryl methyl sites for hydroxylation is 1. The lowest BCUT2D eigenvalue weighted by molar-refractivity contribution is 0.375. The van der Waals surface area contributed by atoms with E-state index in [0.717, 1.165) is 6.04 Å². The van der Waals surface area contributed by atoms with E-state index in [2.05, 4.69) is 36.5 Å². The average molecular weight is 263 g/mol. The van der Waals surface area contributed by atoms with Gasteiger partial charge >= 0.3 is 0 Å². The number of hydrogen-bond acceptors (Lipinski definition) is 2. The highest BCUT2D eigenvalue weighted by Crippen LogP contribution is 2.20. The first-order valence-electron chi connectivity index (χ1n) is 7.27. The van der Waals surface area contributed by atoms with Gasteiger partial charge in [-0.2, -0.15) is 0 Å². The first-order valence-corrected chi connectivity index (χ1v) is 8.26. The maximum Gasteiger partial charge on any atom is 0.00745 e. The molecule has 1 nitrogen and oxygen atoms in total. The standard InChI is InChI=1S/C16H25NS/c1-14-7-5-10-16(13-14)18-12-6-11-17-15-8-3-2-4-9-15/h5,7,10,13,15,17H,2-4,6,8-9,11-12H2,1H3. The van der Waals surface area contributed by atoms with Crippen LogP contribution in [0.25, 0.3) is 0 Å². The zero-order valence-corrected chi connectivity index (χ0v) is 12.3. The van der Waals surface area contributed by atoms with E-state index in [1.54, 1.807) is 0 Å². The van der Waals surface area contributed by atoms with Crippen LogP contribution in [0.15, 0.2) is 29.2 Å². The largest absolute Gasteiger partial charge is 0.314 e. The van der Waals surface area contributed by atoms with Crippen molar-refractivity contribution in [3.05, 3.63) is 29.8 Å². The molecule has 1 fully saturated rings. The van der Waals surface area contributed by atoms with Crippen LogP contribution in [0.1, 0.15) is 44.1 Å². The minimum absolute atomic E-state index is 0.808. The summed E-state index contributed by atoms with van der Waals surface area (Å²) in [6.07, 6.45) is 8.36. The van der Waals surface area contributed by atoms with Gasteiger partial charge in [0, 0.05) is 10.9 Å². The van der Waals surface area contributed by atoms with Crippen LogP contribution >= 0.6 is 11.8 Å². The van der Waals surface area contributed by atoms with Gasteiger partial charge < -0.3 is 5.32 Å². The summed E-state index contributed by atoms with van der Waals surface area (Å²) in [6, 6.07) is 9.61. The molecule has 2 rings (SSSR count). The fraction of sp³-hybridized carbons (Fsp3) is 0.625. The number of hydrogen-bond donors (Lipinski definition) is 1. The molecule has 1 aromatic rings. The second-order valence-corrected chi connectivity index (χ2v) is 6.48. The minimum Gasteiger partial charge on any atom is -0.314 e. The van der Waals surface area contributed by atoms with Gasteiger partial charge in [0.2, 0.25) is 0 Å². The highest BCUT2D eigenvalue weighted by Gasteiger charge is 2.11. The van der Waals surface area contributed by atoms with E-state index in [4.69, 9.17) is 0 Å². The summed E-state index contributed by atoms with van der Waals surface area (Å²) >= 11 is 1.98. The van der Waals surface area contributed by atoms with Gasteiger partial charge in [-0.1, -0.05) is 37.0 Å². The van der Waals surface area contributed by atoms with Crippen molar-refractivity contribution in [2.45, 2.75) is 56.4 Å². The highest BCUT2D eigenvalue weighted by atomic mass is 32.2. The molecule has 1 saturated carbocycles. The van der Waals surface area contributed by atoms with Gasteiger partial charge in [-0.05, 0) is 50.6 Å². The third-order valence-corrected chi connectivity index (χ3v) is 4.70. The first kappa shape index (κ1) is 14.0. The molecule has 0 saturated heterocycles. The zero-order valence-electron chi connectivity index (χ0n) is 11.5. The van der Waals surface area contributed by atoms with Crippen LogP contribution in [-0.2, 0) is 0 Å². The monoisotopic (exact) mass is 263 g/mol. The summed E-state index contributed by atoms with van der Waals surface area (Å²) in [7, 11) is 0. The van der Waals surface area contributed by atoms with E-state index in [-0.39, 0.29) is 0 Å². The maximum atomic E-state index is 3.71. The van der Waals surface area contributed by atoms with E-state index >= 15 is 0 Å². The van der Waals surface area contributed by atoms with Crippen LogP contribution in [0.2, 0.25) is 0 Å². The van der Waals surface area contributed by atoms with Crippen LogP contribution in [0.3, 0.4) is 0 Å². The van der Waals surface area contributed by atoms with Crippen molar-refractivity contribution in [1.29, 1.82) is 0 Å². The Morgan fingerprint density at radius 3 is 2.83 bits per heavy atom. The predicted octanol–water partition coefficient (Wildman–Crippen LogP) is 4.40. The van der Waals surface area contributed by atoms with Crippen LogP contribution in [0.4, 0.5) is 0 Å². The van der Waals surface area contributed by atoms with Crippen LogP contribution < -0.4 is 5.32 Å². The topological polar surface area (TPSA) is 12.0 Å². The van der Waals surface area contributed by atoms with Crippen molar-refractivity contribution in [3.63, 3.8) is 0 Å². The third kappa shape index (κ3) is 5.03. The molecular weight excluding hydrogens is 238 g/mol. The van der Waals surface area contributed by atoms with Crippen LogP contribution in [0, 0.1) is 6.92 Å². The molecule has 2 heteroatoms. The summed E-state index contributed by atoms with van der Waals surface area (Å²) in [6.45, 7) is 3.35. The Morgan fingerprint density at radius 1 is 1.22 bits per heavy atom. The Morgan fingerprint density at radius 2 is 2.06 bits per heavy atom. The maximum absolute atomic E-state index is 3.71. The molecule has 0 amide bonds. The summed E-state index contributed by atoms with van der Waals surface area (Å²) < 4.78 is 0. The Bertz CT molecular complexity index is 345. The fourth-order valence-electron chi connectivity index (χ4n) is 2.58. The Labute approximate surface area is 116 Å². The van der Waals surface area contributed by atoms with E-state index in [1.165, 1.54) is 61.3 Å². The lowest BCUT2D eigenvalue weighted by Gasteiger charge is -2.22. The number of rotatable bonds is 6. The number of benzene rings is 1. The van der Waals surface area contributed by atoms with E-state index < -0.39 is 0 Å². The third-order valence-electron chi connectivity index (χ3n) is 3.62. The lowest BCUT2D eigenvalue weighted by Crippen LogP contribution is -2.31. The molecule has 0 radical (unpaired) electrons. The normalized spacial score (nSPS) is 16.9. The molecule has 1 aliphatic rings. The van der Waals surface area contributed by atoms with Crippen molar-refractivity contribution >= 4 is 11.8 Å².